The van der Waals surface area contributed by atoms with Gasteiger partial charge in [-0.1, -0.05) is 114 Å². The van der Waals surface area contributed by atoms with Crippen molar-refractivity contribution in [2.24, 2.45) is 5.16 Å². The number of hydrogen-bond acceptors (Lipinski definition) is 2. The van der Waals surface area contributed by atoms with Crippen LogP contribution in [-0.4, -0.2) is 12.3 Å². The first-order valence-electron chi connectivity index (χ1n) is 9.28. The van der Waals surface area contributed by atoms with E-state index in [2.05, 4.69) is 41.6 Å². The lowest BCUT2D eigenvalue weighted by Gasteiger charge is -1.98. The monoisotopic (exact) mass is 365 g/mol. The van der Waals surface area contributed by atoms with E-state index in [1.54, 1.807) is 0 Å². The fourth-order valence-corrected chi connectivity index (χ4v) is 2.51. The molecule has 0 N–H and O–H groups in total. The molecular formula is C26H23NO. The van der Waals surface area contributed by atoms with Gasteiger partial charge in [-0.15, -0.1) is 0 Å². The van der Waals surface area contributed by atoms with Gasteiger partial charge in [-0.3, -0.25) is 0 Å². The number of oxime groups is 1. The van der Waals surface area contributed by atoms with Crippen molar-refractivity contribution in [1.29, 1.82) is 0 Å². The topological polar surface area (TPSA) is 21.6 Å². The van der Waals surface area contributed by atoms with Crippen molar-refractivity contribution in [3.8, 4) is 0 Å². The van der Waals surface area contributed by atoms with Gasteiger partial charge in [-0.05, 0) is 34.9 Å². The van der Waals surface area contributed by atoms with E-state index in [4.69, 9.17) is 4.84 Å². The van der Waals surface area contributed by atoms with E-state index in [1.165, 1.54) is 0 Å². The maximum absolute atomic E-state index is 5.49. The Bertz CT molecular complexity index is 888. The molecule has 0 unspecified atom stereocenters. The molecule has 0 bridgehead atoms. The molecule has 3 aromatic rings. The maximum atomic E-state index is 5.49. The Kier molecular flexibility index (Phi) is 7.61. The summed E-state index contributed by atoms with van der Waals surface area (Å²) in [6.07, 6.45) is 11.9. The molecule has 0 aliphatic rings. The molecule has 3 rings (SSSR count). The average molecular weight is 365 g/mol. The molecule has 0 spiro atoms. The Balaban J connectivity index is 1.66. The highest BCUT2D eigenvalue weighted by Crippen LogP contribution is 2.05. The quantitative estimate of drug-likeness (QED) is 0.254. The zero-order valence-corrected chi connectivity index (χ0v) is 15.7. The molecule has 0 aliphatic carbocycles. The standard InChI is InChI=1S/C26H23NO/c1-4-11-23(12-5-1)17-10-22-28-27-26(20-18-24-13-6-2-7-14-24)21-19-25-15-8-3-9-16-25/h1-21H,22H2/b17-10+,20-18+,21-19+. The van der Waals surface area contributed by atoms with Crippen LogP contribution in [0, 0.1) is 0 Å². The number of allylic oxidation sites excluding steroid dienone is 2. The third-order valence-electron chi connectivity index (χ3n) is 3.94. The van der Waals surface area contributed by atoms with Crippen molar-refractivity contribution < 1.29 is 4.84 Å². The summed E-state index contributed by atoms with van der Waals surface area (Å²) in [5, 5.41) is 4.28. The van der Waals surface area contributed by atoms with Gasteiger partial charge in [0.2, 0.25) is 0 Å². The Hall–Kier alpha value is -3.65. The summed E-state index contributed by atoms with van der Waals surface area (Å²) >= 11 is 0. The summed E-state index contributed by atoms with van der Waals surface area (Å²) in [5.74, 6) is 0. The molecule has 0 atom stereocenters. The SMILES string of the molecule is C(=C\c1ccccc1)/CON=C(/C=C/c1ccccc1)/C=C/c1ccccc1. The van der Waals surface area contributed by atoms with Gasteiger partial charge < -0.3 is 4.84 Å². The summed E-state index contributed by atoms with van der Waals surface area (Å²) in [7, 11) is 0. The van der Waals surface area contributed by atoms with Gasteiger partial charge in [0.25, 0.3) is 0 Å². The van der Waals surface area contributed by atoms with E-state index >= 15 is 0 Å². The second-order valence-corrected chi connectivity index (χ2v) is 6.11. The number of nitrogens with zero attached hydrogens (tertiary/aromatic N) is 1. The normalized spacial score (nSPS) is 11.3. The Morgan fingerprint density at radius 2 is 1.04 bits per heavy atom. The molecule has 3 aromatic carbocycles. The lowest BCUT2D eigenvalue weighted by molar-refractivity contribution is 0.176. The van der Waals surface area contributed by atoms with Crippen molar-refractivity contribution in [3.05, 3.63) is 126 Å². The van der Waals surface area contributed by atoms with Crippen LogP contribution < -0.4 is 0 Å². The lowest BCUT2D eigenvalue weighted by atomic mass is 10.1. The first kappa shape index (κ1) is 19.1. The predicted molar refractivity (Wildman–Crippen MR) is 120 cm³/mol. The van der Waals surface area contributed by atoms with Crippen molar-refractivity contribution in [1.82, 2.24) is 0 Å². The number of hydrogen-bond donors (Lipinski definition) is 0. The van der Waals surface area contributed by atoms with Gasteiger partial charge in [0, 0.05) is 0 Å². The molecule has 0 saturated carbocycles. The van der Waals surface area contributed by atoms with Gasteiger partial charge in [-0.25, -0.2) is 0 Å². The third kappa shape index (κ3) is 6.93. The van der Waals surface area contributed by atoms with Crippen LogP contribution in [-0.2, 0) is 4.84 Å². The van der Waals surface area contributed by atoms with E-state index < -0.39 is 0 Å². The molecule has 0 aliphatic heterocycles. The summed E-state index contributed by atoms with van der Waals surface area (Å²) < 4.78 is 0. The van der Waals surface area contributed by atoms with E-state index in [0.29, 0.717) is 6.61 Å². The summed E-state index contributed by atoms with van der Waals surface area (Å²) in [6.45, 7) is 0.413. The summed E-state index contributed by atoms with van der Waals surface area (Å²) in [4.78, 5) is 5.49. The van der Waals surface area contributed by atoms with Crippen LogP contribution in [0.1, 0.15) is 16.7 Å². The van der Waals surface area contributed by atoms with Gasteiger partial charge in [-0.2, -0.15) is 0 Å². The third-order valence-corrected chi connectivity index (χ3v) is 3.94. The minimum Gasteiger partial charge on any atom is -0.391 e. The molecule has 28 heavy (non-hydrogen) atoms. The Morgan fingerprint density at radius 3 is 1.50 bits per heavy atom. The Labute approximate surface area is 166 Å². The minimum atomic E-state index is 0.413. The molecule has 0 radical (unpaired) electrons. The van der Waals surface area contributed by atoms with E-state index in [9.17, 15) is 0 Å². The van der Waals surface area contributed by atoms with Gasteiger partial charge in [0.15, 0.2) is 0 Å². The fourth-order valence-electron chi connectivity index (χ4n) is 2.51. The van der Waals surface area contributed by atoms with Crippen molar-refractivity contribution in [2.75, 3.05) is 6.61 Å². The Morgan fingerprint density at radius 1 is 0.607 bits per heavy atom. The molecule has 0 saturated heterocycles. The highest BCUT2D eigenvalue weighted by atomic mass is 16.6. The minimum absolute atomic E-state index is 0.413. The van der Waals surface area contributed by atoms with Crippen molar-refractivity contribution >= 4 is 23.9 Å². The van der Waals surface area contributed by atoms with Gasteiger partial charge in [0.1, 0.15) is 12.3 Å². The predicted octanol–water partition coefficient (Wildman–Crippen LogP) is 6.50. The smallest absolute Gasteiger partial charge is 0.135 e. The van der Waals surface area contributed by atoms with Crippen LogP contribution in [0.2, 0.25) is 0 Å². The molecule has 0 heterocycles. The average Bonchev–Trinajstić information content (AvgIpc) is 2.77. The molecule has 2 heteroatoms. The summed E-state index contributed by atoms with van der Waals surface area (Å²) in [6, 6.07) is 30.4. The van der Waals surface area contributed by atoms with Crippen LogP contribution in [0.5, 0.6) is 0 Å². The molecule has 0 amide bonds. The highest BCUT2D eigenvalue weighted by molar-refractivity contribution is 6.08. The molecule has 0 fully saturated rings. The van der Waals surface area contributed by atoms with Crippen LogP contribution in [0.15, 0.2) is 114 Å². The molecule has 138 valence electrons. The largest absolute Gasteiger partial charge is 0.391 e. The first-order chi connectivity index (χ1) is 13.9. The zero-order valence-electron chi connectivity index (χ0n) is 15.7. The van der Waals surface area contributed by atoms with Crippen LogP contribution in [0.4, 0.5) is 0 Å². The number of benzene rings is 3. The van der Waals surface area contributed by atoms with Crippen LogP contribution >= 0.6 is 0 Å². The van der Waals surface area contributed by atoms with E-state index in [0.717, 1.165) is 22.4 Å². The van der Waals surface area contributed by atoms with Crippen LogP contribution in [0.25, 0.3) is 18.2 Å². The van der Waals surface area contributed by atoms with Crippen molar-refractivity contribution in [2.45, 2.75) is 0 Å². The molecule has 2 nitrogen and oxygen atoms in total. The first-order valence-corrected chi connectivity index (χ1v) is 9.28. The van der Waals surface area contributed by atoms with Gasteiger partial charge in [0.05, 0.1) is 0 Å². The zero-order chi connectivity index (χ0) is 19.3. The molecule has 0 aromatic heterocycles. The second-order valence-electron chi connectivity index (χ2n) is 6.11. The number of rotatable bonds is 8. The van der Waals surface area contributed by atoms with Gasteiger partial charge >= 0.3 is 0 Å². The summed E-state index contributed by atoms with van der Waals surface area (Å²) in [5.41, 5.74) is 4.13. The lowest BCUT2D eigenvalue weighted by Crippen LogP contribution is -1.92. The highest BCUT2D eigenvalue weighted by Gasteiger charge is 1.92. The molecular weight excluding hydrogens is 342 g/mol. The van der Waals surface area contributed by atoms with E-state index in [1.807, 2.05) is 91.1 Å². The maximum Gasteiger partial charge on any atom is 0.135 e. The fraction of sp³-hybridized carbons (Fsp3) is 0.0385. The van der Waals surface area contributed by atoms with Crippen molar-refractivity contribution in [3.63, 3.8) is 0 Å². The second kappa shape index (κ2) is 11.1. The van der Waals surface area contributed by atoms with E-state index in [-0.39, 0.29) is 0 Å². The van der Waals surface area contributed by atoms with Crippen LogP contribution in [0.3, 0.4) is 0 Å².